The number of guanidine groups is 1. The minimum atomic E-state index is -0.538. The van der Waals surface area contributed by atoms with E-state index in [9.17, 15) is 4.79 Å². The molecule has 30 heavy (non-hydrogen) atoms. The first-order chi connectivity index (χ1) is 14.0. The number of pyridine rings is 1. The summed E-state index contributed by atoms with van der Waals surface area (Å²) >= 11 is 0. The molecule has 0 aliphatic heterocycles. The fourth-order valence-electron chi connectivity index (χ4n) is 2.87. The zero-order chi connectivity index (χ0) is 22.4. The average Bonchev–Trinajstić information content (AvgIpc) is 3.02. The first kappa shape index (κ1) is 23.5. The molecule has 0 saturated heterocycles. The average molecular weight is 417 g/mol. The Morgan fingerprint density at radius 3 is 2.60 bits per heavy atom. The van der Waals surface area contributed by atoms with Crippen molar-refractivity contribution in [2.75, 3.05) is 19.6 Å². The number of alkyl carbamates (subject to hydrolysis) is 1. The lowest BCUT2D eigenvalue weighted by atomic mass is 10.1. The van der Waals surface area contributed by atoms with E-state index in [0.29, 0.717) is 19.0 Å². The molecule has 0 bridgehead atoms. The van der Waals surface area contributed by atoms with Gasteiger partial charge in [0.25, 0.3) is 0 Å². The number of nitrogens with zero attached hydrogens (tertiary/aromatic N) is 3. The number of hydrogen-bond donors (Lipinski definition) is 3. The summed E-state index contributed by atoms with van der Waals surface area (Å²) in [5.41, 5.74) is 2.11. The zero-order valence-corrected chi connectivity index (χ0v) is 19.3. The van der Waals surface area contributed by atoms with Gasteiger partial charge in [0.1, 0.15) is 11.2 Å². The molecular formula is C22H36N6O2. The summed E-state index contributed by atoms with van der Waals surface area (Å²) in [6, 6.07) is 4.09. The van der Waals surface area contributed by atoms with Crippen LogP contribution in [0.25, 0.3) is 5.65 Å². The summed E-state index contributed by atoms with van der Waals surface area (Å²) < 4.78 is 7.39. The monoisotopic (exact) mass is 416 g/mol. The summed E-state index contributed by atoms with van der Waals surface area (Å²) in [5, 5.41) is 9.45. The molecule has 0 aliphatic rings. The van der Waals surface area contributed by atoms with Crippen molar-refractivity contribution in [3.63, 3.8) is 0 Å². The maximum absolute atomic E-state index is 12.0. The first-order valence-electron chi connectivity index (χ1n) is 10.5. The van der Waals surface area contributed by atoms with Gasteiger partial charge >= 0.3 is 6.09 Å². The molecule has 2 aromatic heterocycles. The second kappa shape index (κ2) is 9.82. The van der Waals surface area contributed by atoms with Crippen LogP contribution in [0.4, 0.5) is 4.79 Å². The summed E-state index contributed by atoms with van der Waals surface area (Å²) in [6.07, 6.45) is 4.41. The Kier molecular flexibility index (Phi) is 7.70. The van der Waals surface area contributed by atoms with Crippen molar-refractivity contribution < 1.29 is 9.53 Å². The SMILES string of the molecule is CCNC(=NCC(C)(C)NC(=O)OC(C)(C)C)NCCc1cn2cccc(C)c2n1. The summed E-state index contributed by atoms with van der Waals surface area (Å²) in [5.74, 6) is 0.705. The minimum Gasteiger partial charge on any atom is -0.444 e. The van der Waals surface area contributed by atoms with E-state index >= 15 is 0 Å². The van der Waals surface area contributed by atoms with Crippen LogP contribution >= 0.6 is 0 Å². The van der Waals surface area contributed by atoms with Crippen molar-refractivity contribution in [2.24, 2.45) is 4.99 Å². The van der Waals surface area contributed by atoms with E-state index in [2.05, 4.69) is 44.5 Å². The molecule has 8 nitrogen and oxygen atoms in total. The number of aliphatic imine (C=N–C) groups is 1. The summed E-state index contributed by atoms with van der Waals surface area (Å²) in [6.45, 7) is 15.3. The quantitative estimate of drug-likeness (QED) is 0.477. The smallest absolute Gasteiger partial charge is 0.408 e. The van der Waals surface area contributed by atoms with Gasteiger partial charge < -0.3 is 25.1 Å². The molecule has 0 unspecified atom stereocenters. The highest BCUT2D eigenvalue weighted by Gasteiger charge is 2.24. The number of rotatable bonds is 7. The number of carbonyl (C=O) groups is 1. The van der Waals surface area contributed by atoms with Crippen molar-refractivity contribution in [1.29, 1.82) is 0 Å². The molecule has 0 aliphatic carbocycles. The Hall–Kier alpha value is -2.77. The number of amides is 1. The molecule has 2 aromatic rings. The molecule has 3 N–H and O–H groups in total. The second-order valence-electron chi connectivity index (χ2n) is 9.04. The molecule has 2 rings (SSSR count). The van der Waals surface area contributed by atoms with Gasteiger partial charge in [-0.2, -0.15) is 0 Å². The normalized spacial score (nSPS) is 12.7. The van der Waals surface area contributed by atoms with E-state index in [1.54, 1.807) is 0 Å². The number of ether oxygens (including phenoxy) is 1. The number of nitrogens with one attached hydrogen (secondary N) is 3. The highest BCUT2D eigenvalue weighted by molar-refractivity contribution is 5.79. The number of imidazole rings is 1. The predicted octanol–water partition coefficient (Wildman–Crippen LogP) is 3.04. The molecule has 0 aromatic carbocycles. The third kappa shape index (κ3) is 7.57. The Balaban J connectivity index is 1.91. The van der Waals surface area contributed by atoms with Crippen LogP contribution in [0.5, 0.6) is 0 Å². The fraction of sp³-hybridized carbons (Fsp3) is 0.591. The molecule has 0 radical (unpaired) electrons. The summed E-state index contributed by atoms with van der Waals surface area (Å²) in [7, 11) is 0. The highest BCUT2D eigenvalue weighted by atomic mass is 16.6. The number of hydrogen-bond acceptors (Lipinski definition) is 4. The van der Waals surface area contributed by atoms with E-state index in [0.717, 1.165) is 29.9 Å². The summed E-state index contributed by atoms with van der Waals surface area (Å²) in [4.78, 5) is 21.4. The van der Waals surface area contributed by atoms with Crippen LogP contribution < -0.4 is 16.0 Å². The predicted molar refractivity (Wildman–Crippen MR) is 121 cm³/mol. The van der Waals surface area contributed by atoms with Gasteiger partial charge in [0.15, 0.2) is 5.96 Å². The largest absolute Gasteiger partial charge is 0.444 e. The van der Waals surface area contributed by atoms with Crippen molar-refractivity contribution in [2.45, 2.75) is 66.0 Å². The number of aryl methyl sites for hydroxylation is 1. The maximum atomic E-state index is 12.0. The standard InChI is InChI=1S/C22H36N6O2/c1-8-23-19(25-15-22(6,7)27-20(29)30-21(3,4)5)24-12-11-17-14-28-13-9-10-16(2)18(28)26-17/h9-10,13-14H,8,11-12,15H2,1-7H3,(H,27,29)(H2,23,24,25). The van der Waals surface area contributed by atoms with Gasteiger partial charge in [-0.05, 0) is 60.1 Å². The lowest BCUT2D eigenvalue weighted by Crippen LogP contribution is -2.49. The van der Waals surface area contributed by atoms with Crippen LogP contribution in [-0.4, -0.2) is 52.2 Å². The van der Waals surface area contributed by atoms with Gasteiger partial charge in [-0.1, -0.05) is 6.07 Å². The number of aromatic nitrogens is 2. The molecule has 0 atom stereocenters. The van der Waals surface area contributed by atoms with Crippen molar-refractivity contribution in [1.82, 2.24) is 25.3 Å². The van der Waals surface area contributed by atoms with Gasteiger partial charge in [0, 0.05) is 31.9 Å². The van der Waals surface area contributed by atoms with E-state index in [4.69, 9.17) is 9.72 Å². The van der Waals surface area contributed by atoms with Crippen LogP contribution in [0.3, 0.4) is 0 Å². The topological polar surface area (TPSA) is 92.0 Å². The molecule has 8 heteroatoms. The molecule has 1 amide bonds. The van der Waals surface area contributed by atoms with Crippen LogP contribution in [-0.2, 0) is 11.2 Å². The third-order valence-corrected chi connectivity index (χ3v) is 4.22. The third-order valence-electron chi connectivity index (χ3n) is 4.22. The number of fused-ring (bicyclic) bond motifs is 1. The minimum absolute atomic E-state index is 0.412. The van der Waals surface area contributed by atoms with Crippen LogP contribution in [0, 0.1) is 6.92 Å². The van der Waals surface area contributed by atoms with Gasteiger partial charge in [-0.3, -0.25) is 4.99 Å². The molecule has 166 valence electrons. The van der Waals surface area contributed by atoms with Gasteiger partial charge in [0.2, 0.25) is 0 Å². The van der Waals surface area contributed by atoms with E-state index in [1.807, 2.05) is 53.8 Å². The fourth-order valence-corrected chi connectivity index (χ4v) is 2.87. The van der Waals surface area contributed by atoms with Gasteiger partial charge in [-0.15, -0.1) is 0 Å². The second-order valence-corrected chi connectivity index (χ2v) is 9.04. The molecule has 0 fully saturated rings. The van der Waals surface area contributed by atoms with Crippen LogP contribution in [0.1, 0.15) is 52.8 Å². The number of carbonyl (C=O) groups excluding carboxylic acids is 1. The Labute approximate surface area is 179 Å². The molecule has 2 heterocycles. The highest BCUT2D eigenvalue weighted by Crippen LogP contribution is 2.11. The zero-order valence-electron chi connectivity index (χ0n) is 19.3. The molecule has 0 spiro atoms. The van der Waals surface area contributed by atoms with Crippen molar-refractivity contribution in [3.8, 4) is 0 Å². The Morgan fingerprint density at radius 1 is 1.23 bits per heavy atom. The first-order valence-corrected chi connectivity index (χ1v) is 10.5. The van der Waals surface area contributed by atoms with Gasteiger partial charge in [-0.25, -0.2) is 9.78 Å². The van der Waals surface area contributed by atoms with Crippen LogP contribution in [0.2, 0.25) is 0 Å². The van der Waals surface area contributed by atoms with E-state index in [1.165, 1.54) is 0 Å². The molecule has 0 saturated carbocycles. The Bertz CT molecular complexity index is 879. The lowest BCUT2D eigenvalue weighted by molar-refractivity contribution is 0.0476. The Morgan fingerprint density at radius 2 is 1.97 bits per heavy atom. The van der Waals surface area contributed by atoms with Crippen molar-refractivity contribution >= 4 is 17.7 Å². The van der Waals surface area contributed by atoms with Crippen LogP contribution in [0.15, 0.2) is 29.5 Å². The van der Waals surface area contributed by atoms with Crippen molar-refractivity contribution in [3.05, 3.63) is 35.8 Å². The van der Waals surface area contributed by atoms with E-state index in [-0.39, 0.29) is 0 Å². The maximum Gasteiger partial charge on any atom is 0.408 e. The van der Waals surface area contributed by atoms with Gasteiger partial charge in [0.05, 0.1) is 17.8 Å². The molecular weight excluding hydrogens is 380 g/mol. The lowest BCUT2D eigenvalue weighted by Gasteiger charge is -2.27. The van der Waals surface area contributed by atoms with E-state index < -0.39 is 17.2 Å².